The van der Waals surface area contributed by atoms with E-state index in [0.29, 0.717) is 26.0 Å². The molecule has 0 aromatic heterocycles. The fourth-order valence-electron chi connectivity index (χ4n) is 2.70. The molecule has 0 aliphatic carbocycles. The van der Waals surface area contributed by atoms with Crippen molar-refractivity contribution in [1.29, 1.82) is 0 Å². The lowest BCUT2D eigenvalue weighted by molar-refractivity contribution is -0.183. The lowest BCUT2D eigenvalue weighted by Gasteiger charge is -2.46. The number of nitrogens with one attached hydrogen (secondary N) is 1. The highest BCUT2D eigenvalue weighted by atomic mass is 16.5. The summed E-state index contributed by atoms with van der Waals surface area (Å²) in [7, 11) is -1.31. The van der Waals surface area contributed by atoms with Crippen LogP contribution in [-0.2, 0) is 9.53 Å². The zero-order valence-corrected chi connectivity index (χ0v) is 8.93. The minimum Gasteiger partial charge on any atom is -0.480 e. The molecule has 0 unspecified atom stereocenters. The van der Waals surface area contributed by atoms with E-state index in [1.807, 2.05) is 0 Å². The molecule has 6 nitrogen and oxygen atoms in total. The molecule has 0 aromatic carbocycles. The molecule has 16 heavy (non-hydrogen) atoms. The topological polar surface area (TPSA) is 99.0 Å². The van der Waals surface area contributed by atoms with E-state index in [4.69, 9.17) is 19.9 Å². The third-order valence-electron chi connectivity index (χ3n) is 3.63. The van der Waals surface area contributed by atoms with Crippen molar-refractivity contribution in [3.05, 3.63) is 0 Å². The first-order valence-electron chi connectivity index (χ1n) is 5.50. The summed E-state index contributed by atoms with van der Waals surface area (Å²) in [6.07, 6.45) is 1.49. The van der Waals surface area contributed by atoms with Gasteiger partial charge in [0.05, 0.1) is 12.7 Å². The molecule has 0 spiro atoms. The second-order valence-electron chi connectivity index (χ2n) is 4.59. The molecule has 2 aliphatic heterocycles. The Kier molecular flexibility index (Phi) is 3.21. The van der Waals surface area contributed by atoms with Crippen molar-refractivity contribution in [3.8, 4) is 0 Å². The van der Waals surface area contributed by atoms with E-state index in [-0.39, 0.29) is 17.8 Å². The molecule has 0 bridgehead atoms. The second kappa shape index (κ2) is 4.33. The monoisotopic (exact) mass is 229 g/mol. The van der Waals surface area contributed by atoms with Crippen LogP contribution in [0.15, 0.2) is 0 Å². The highest BCUT2D eigenvalue weighted by Gasteiger charge is 2.59. The third kappa shape index (κ3) is 1.84. The average Bonchev–Trinajstić information content (AvgIpc) is 2.40. The molecule has 90 valence electrons. The zero-order valence-electron chi connectivity index (χ0n) is 8.93. The Morgan fingerprint density at radius 3 is 2.81 bits per heavy atom. The minimum atomic E-state index is -1.31. The predicted molar refractivity (Wildman–Crippen MR) is 55.8 cm³/mol. The Hall–Kier alpha value is -0.625. The standard InChI is InChI=1S/C9H16BNO5/c12-8(13)7-9(2-1-3-10(14)15)5-16-6(9)4-11-7/h6-7,11,14-15H,1-5H2,(H,12,13)/t6-,7+,9-/m0/s1. The highest BCUT2D eigenvalue weighted by molar-refractivity contribution is 6.40. The Balaban J connectivity index is 1.95. The lowest BCUT2D eigenvalue weighted by Crippen LogP contribution is -2.57. The zero-order chi connectivity index (χ0) is 11.8. The van der Waals surface area contributed by atoms with Crippen molar-refractivity contribution in [1.82, 2.24) is 5.32 Å². The van der Waals surface area contributed by atoms with Gasteiger partial charge in [0, 0.05) is 12.0 Å². The molecule has 2 heterocycles. The first-order chi connectivity index (χ1) is 7.56. The van der Waals surface area contributed by atoms with Gasteiger partial charge in [0.2, 0.25) is 0 Å². The van der Waals surface area contributed by atoms with Crippen molar-refractivity contribution in [2.75, 3.05) is 13.2 Å². The molecule has 0 amide bonds. The van der Waals surface area contributed by atoms with Crippen molar-refractivity contribution in [2.24, 2.45) is 5.41 Å². The van der Waals surface area contributed by atoms with Crippen molar-refractivity contribution in [3.63, 3.8) is 0 Å². The Bertz CT molecular complexity index is 287. The average molecular weight is 229 g/mol. The third-order valence-corrected chi connectivity index (χ3v) is 3.63. The molecule has 0 radical (unpaired) electrons. The van der Waals surface area contributed by atoms with Gasteiger partial charge in [-0.15, -0.1) is 0 Å². The van der Waals surface area contributed by atoms with Gasteiger partial charge in [-0.2, -0.15) is 0 Å². The Labute approximate surface area is 93.7 Å². The van der Waals surface area contributed by atoms with E-state index in [1.165, 1.54) is 0 Å². The number of hydrogen-bond donors (Lipinski definition) is 4. The summed E-state index contributed by atoms with van der Waals surface area (Å²) in [5, 5.41) is 29.6. The van der Waals surface area contributed by atoms with E-state index in [2.05, 4.69) is 5.32 Å². The number of fused-ring (bicyclic) bond motifs is 1. The number of aliphatic carboxylic acids is 1. The highest BCUT2D eigenvalue weighted by Crippen LogP contribution is 2.46. The molecular weight excluding hydrogens is 213 g/mol. The SMILES string of the molecule is O=C(O)[C@H]1NC[C@@H]2OC[C@@]21CCCB(O)O. The van der Waals surface area contributed by atoms with Crippen LogP contribution in [0.4, 0.5) is 0 Å². The van der Waals surface area contributed by atoms with Gasteiger partial charge in [-0.3, -0.25) is 4.79 Å². The number of carbonyl (C=O) groups is 1. The van der Waals surface area contributed by atoms with Crippen molar-refractivity contribution in [2.45, 2.75) is 31.3 Å². The van der Waals surface area contributed by atoms with Crippen LogP contribution >= 0.6 is 0 Å². The van der Waals surface area contributed by atoms with E-state index < -0.39 is 19.1 Å². The lowest BCUT2D eigenvalue weighted by atomic mass is 9.69. The van der Waals surface area contributed by atoms with Crippen LogP contribution < -0.4 is 5.32 Å². The van der Waals surface area contributed by atoms with Crippen LogP contribution in [0.25, 0.3) is 0 Å². The number of ether oxygens (including phenoxy) is 1. The van der Waals surface area contributed by atoms with E-state index in [1.54, 1.807) is 0 Å². The van der Waals surface area contributed by atoms with Crippen LogP contribution in [0.2, 0.25) is 6.32 Å². The Morgan fingerprint density at radius 1 is 1.56 bits per heavy atom. The maximum absolute atomic E-state index is 11.1. The summed E-state index contributed by atoms with van der Waals surface area (Å²) in [6.45, 7) is 1.02. The van der Waals surface area contributed by atoms with Crippen LogP contribution in [0.3, 0.4) is 0 Å². The number of carboxylic acids is 1. The molecular formula is C9H16BNO5. The number of rotatable bonds is 5. The Morgan fingerprint density at radius 2 is 2.31 bits per heavy atom. The second-order valence-corrected chi connectivity index (χ2v) is 4.59. The molecule has 0 aromatic rings. The molecule has 4 N–H and O–H groups in total. The van der Waals surface area contributed by atoms with E-state index in [9.17, 15) is 4.79 Å². The molecule has 3 atom stereocenters. The maximum atomic E-state index is 11.1. The fourth-order valence-corrected chi connectivity index (χ4v) is 2.70. The van der Waals surface area contributed by atoms with Gasteiger partial charge >= 0.3 is 13.1 Å². The summed E-state index contributed by atoms with van der Waals surface area (Å²) < 4.78 is 5.35. The molecule has 2 saturated heterocycles. The fraction of sp³-hybridized carbons (Fsp3) is 0.889. The van der Waals surface area contributed by atoms with Gasteiger partial charge in [-0.1, -0.05) is 6.42 Å². The molecule has 2 fully saturated rings. The number of hydrogen-bond acceptors (Lipinski definition) is 5. The summed E-state index contributed by atoms with van der Waals surface area (Å²) in [5.41, 5.74) is -0.347. The van der Waals surface area contributed by atoms with Crippen LogP contribution in [0.1, 0.15) is 12.8 Å². The minimum absolute atomic E-state index is 0.0376. The summed E-state index contributed by atoms with van der Waals surface area (Å²) in [5.74, 6) is -0.852. The first-order valence-corrected chi connectivity index (χ1v) is 5.50. The van der Waals surface area contributed by atoms with E-state index >= 15 is 0 Å². The predicted octanol–water partition coefficient (Wildman–Crippen LogP) is -1.32. The normalized spacial score (nSPS) is 36.6. The maximum Gasteiger partial charge on any atom is 0.451 e. The van der Waals surface area contributed by atoms with Gasteiger partial charge < -0.3 is 25.2 Å². The first kappa shape index (κ1) is 11.8. The van der Waals surface area contributed by atoms with E-state index in [0.717, 1.165) is 0 Å². The van der Waals surface area contributed by atoms with Crippen molar-refractivity contribution < 1.29 is 24.7 Å². The molecule has 2 rings (SSSR count). The molecule has 2 aliphatic rings. The molecule has 7 heteroatoms. The van der Waals surface area contributed by atoms with Gasteiger partial charge in [0.15, 0.2) is 0 Å². The van der Waals surface area contributed by atoms with Crippen LogP contribution in [0.5, 0.6) is 0 Å². The number of carboxylic acid groups (broad SMARTS) is 1. The van der Waals surface area contributed by atoms with Crippen molar-refractivity contribution >= 4 is 13.1 Å². The quantitative estimate of drug-likeness (QED) is 0.436. The molecule has 0 saturated carbocycles. The van der Waals surface area contributed by atoms with Crippen LogP contribution in [-0.4, -0.2) is 53.5 Å². The van der Waals surface area contributed by atoms with Gasteiger partial charge in [-0.05, 0) is 12.7 Å². The largest absolute Gasteiger partial charge is 0.480 e. The summed E-state index contributed by atoms with van der Waals surface area (Å²) in [4.78, 5) is 11.1. The van der Waals surface area contributed by atoms with Gasteiger partial charge in [0.1, 0.15) is 6.04 Å². The summed E-state index contributed by atoms with van der Waals surface area (Å²) >= 11 is 0. The van der Waals surface area contributed by atoms with Gasteiger partial charge in [0.25, 0.3) is 0 Å². The van der Waals surface area contributed by atoms with Crippen LogP contribution in [0, 0.1) is 5.41 Å². The summed E-state index contributed by atoms with van der Waals surface area (Å²) in [6, 6.07) is -0.568. The van der Waals surface area contributed by atoms with Gasteiger partial charge in [-0.25, -0.2) is 0 Å². The smallest absolute Gasteiger partial charge is 0.451 e.